The molecule has 7 heteroatoms. The summed E-state index contributed by atoms with van der Waals surface area (Å²) in [4.78, 5) is 17.1. The third-order valence-electron chi connectivity index (χ3n) is 5.34. The molecule has 1 N–H and O–H groups in total. The van der Waals surface area contributed by atoms with E-state index in [9.17, 15) is 4.79 Å². The first-order chi connectivity index (χ1) is 13.6. The van der Waals surface area contributed by atoms with E-state index in [1.807, 2.05) is 49.4 Å². The number of para-hydroxylation sites is 1. The number of halogens is 1. The predicted molar refractivity (Wildman–Crippen MR) is 109 cm³/mol. The van der Waals surface area contributed by atoms with Crippen molar-refractivity contribution in [2.75, 3.05) is 37.9 Å². The van der Waals surface area contributed by atoms with E-state index < -0.39 is 0 Å². The first-order valence-electron chi connectivity index (χ1n) is 9.51. The molecule has 2 aliphatic rings. The van der Waals surface area contributed by atoms with E-state index in [0.717, 1.165) is 54.0 Å². The van der Waals surface area contributed by atoms with Crippen LogP contribution in [0, 0.1) is 0 Å². The van der Waals surface area contributed by atoms with Crippen LogP contribution in [0.3, 0.4) is 0 Å². The Bertz CT molecular complexity index is 853. The van der Waals surface area contributed by atoms with Crippen LogP contribution in [0.25, 0.3) is 0 Å². The molecule has 0 radical (unpaired) electrons. The number of piperazine rings is 1. The fourth-order valence-corrected chi connectivity index (χ4v) is 3.87. The molecule has 0 unspecified atom stereocenters. The first-order valence-corrected chi connectivity index (χ1v) is 9.89. The molecule has 1 amide bonds. The molecule has 0 spiro atoms. The molecule has 0 saturated carbocycles. The summed E-state index contributed by atoms with van der Waals surface area (Å²) >= 11 is 6.31. The second kappa shape index (κ2) is 8.29. The minimum atomic E-state index is -0.178. The van der Waals surface area contributed by atoms with E-state index in [-0.39, 0.29) is 18.7 Å². The Morgan fingerprint density at radius 1 is 1.11 bits per heavy atom. The minimum absolute atomic E-state index is 0.0314. The summed E-state index contributed by atoms with van der Waals surface area (Å²) in [5, 5.41) is 3.80. The number of nitrogens with one attached hydrogen (secondary N) is 1. The molecule has 6 nitrogen and oxygen atoms in total. The van der Waals surface area contributed by atoms with Gasteiger partial charge in [0.1, 0.15) is 0 Å². The van der Waals surface area contributed by atoms with Gasteiger partial charge in [-0.25, -0.2) is 0 Å². The van der Waals surface area contributed by atoms with Crippen molar-refractivity contribution < 1.29 is 14.3 Å². The van der Waals surface area contributed by atoms with E-state index in [2.05, 4.69) is 15.1 Å². The molecule has 2 aliphatic heterocycles. The molecule has 0 bridgehead atoms. The maximum Gasteiger partial charge on any atom is 0.237 e. The number of hydrogen-bond acceptors (Lipinski definition) is 5. The molecule has 2 heterocycles. The lowest BCUT2D eigenvalue weighted by atomic mass is 10.1. The van der Waals surface area contributed by atoms with Gasteiger partial charge < -0.3 is 19.7 Å². The minimum Gasteiger partial charge on any atom is -0.454 e. The standard InChI is InChI=1S/C21H24ClN3O3/c1-15(21(26)23-13-16-6-7-19-20(12-16)28-14-27-19)24-8-10-25(11-9-24)18-5-3-2-4-17(18)22/h2-7,12,15H,8-11,13-14H2,1H3,(H,23,26)/t15-/m0/s1. The van der Waals surface area contributed by atoms with Gasteiger partial charge in [-0.05, 0) is 36.8 Å². The fraction of sp³-hybridized carbons (Fsp3) is 0.381. The number of amides is 1. The van der Waals surface area contributed by atoms with Gasteiger partial charge >= 0.3 is 0 Å². The molecule has 2 aromatic rings. The number of carbonyl (C=O) groups is 1. The highest BCUT2D eigenvalue weighted by atomic mass is 35.5. The maximum atomic E-state index is 12.6. The van der Waals surface area contributed by atoms with Crippen molar-refractivity contribution in [2.24, 2.45) is 0 Å². The summed E-state index contributed by atoms with van der Waals surface area (Å²) in [6.45, 7) is 6.03. The van der Waals surface area contributed by atoms with Crippen molar-refractivity contribution in [3.63, 3.8) is 0 Å². The molecular weight excluding hydrogens is 378 g/mol. The van der Waals surface area contributed by atoms with Crippen molar-refractivity contribution in [1.82, 2.24) is 10.2 Å². The van der Waals surface area contributed by atoms with Crippen LogP contribution >= 0.6 is 11.6 Å². The van der Waals surface area contributed by atoms with E-state index in [4.69, 9.17) is 21.1 Å². The summed E-state index contributed by atoms with van der Waals surface area (Å²) in [6, 6.07) is 13.4. The highest BCUT2D eigenvalue weighted by molar-refractivity contribution is 6.33. The highest BCUT2D eigenvalue weighted by Gasteiger charge is 2.26. The van der Waals surface area contributed by atoms with Gasteiger partial charge in [-0.1, -0.05) is 29.8 Å². The van der Waals surface area contributed by atoms with E-state index >= 15 is 0 Å². The average Bonchev–Trinajstić information content (AvgIpc) is 3.20. The molecule has 1 fully saturated rings. The van der Waals surface area contributed by atoms with Gasteiger partial charge in [0.2, 0.25) is 12.7 Å². The van der Waals surface area contributed by atoms with Gasteiger partial charge in [-0.15, -0.1) is 0 Å². The molecule has 0 aromatic heterocycles. The average molecular weight is 402 g/mol. The monoisotopic (exact) mass is 401 g/mol. The Hall–Kier alpha value is -2.44. The molecule has 148 valence electrons. The van der Waals surface area contributed by atoms with Gasteiger partial charge in [0.05, 0.1) is 16.8 Å². The summed E-state index contributed by atoms with van der Waals surface area (Å²) in [5.41, 5.74) is 2.05. The number of benzene rings is 2. The molecule has 0 aliphatic carbocycles. The van der Waals surface area contributed by atoms with Crippen LogP contribution in [-0.4, -0.2) is 49.8 Å². The number of rotatable bonds is 5. The van der Waals surface area contributed by atoms with Crippen molar-refractivity contribution in [1.29, 1.82) is 0 Å². The summed E-state index contributed by atoms with van der Waals surface area (Å²) in [6.07, 6.45) is 0. The van der Waals surface area contributed by atoms with Crippen molar-refractivity contribution >= 4 is 23.2 Å². The largest absolute Gasteiger partial charge is 0.454 e. The number of carbonyl (C=O) groups excluding carboxylic acids is 1. The topological polar surface area (TPSA) is 54.0 Å². The zero-order chi connectivity index (χ0) is 19.5. The Kier molecular flexibility index (Phi) is 5.59. The van der Waals surface area contributed by atoms with E-state index in [1.54, 1.807) is 0 Å². The lowest BCUT2D eigenvalue weighted by molar-refractivity contribution is -0.126. The lowest BCUT2D eigenvalue weighted by Gasteiger charge is -2.38. The van der Waals surface area contributed by atoms with Crippen molar-refractivity contribution in [2.45, 2.75) is 19.5 Å². The number of fused-ring (bicyclic) bond motifs is 1. The quantitative estimate of drug-likeness (QED) is 0.834. The van der Waals surface area contributed by atoms with Crippen molar-refractivity contribution in [3.8, 4) is 11.5 Å². The summed E-state index contributed by atoms with van der Waals surface area (Å²) < 4.78 is 10.7. The number of ether oxygens (including phenoxy) is 2. The Morgan fingerprint density at radius 2 is 1.86 bits per heavy atom. The van der Waals surface area contributed by atoms with Crippen LogP contribution in [0.15, 0.2) is 42.5 Å². The normalized spacial score (nSPS) is 17.4. The summed E-state index contributed by atoms with van der Waals surface area (Å²) in [7, 11) is 0. The maximum absolute atomic E-state index is 12.6. The zero-order valence-corrected chi connectivity index (χ0v) is 16.6. The number of hydrogen-bond donors (Lipinski definition) is 1. The van der Waals surface area contributed by atoms with Crippen LogP contribution in [0.4, 0.5) is 5.69 Å². The van der Waals surface area contributed by atoms with Gasteiger partial charge in [-0.3, -0.25) is 9.69 Å². The third kappa shape index (κ3) is 4.03. The van der Waals surface area contributed by atoms with Crippen LogP contribution in [0.1, 0.15) is 12.5 Å². The molecule has 4 rings (SSSR count). The zero-order valence-electron chi connectivity index (χ0n) is 15.9. The Balaban J connectivity index is 1.28. The second-order valence-electron chi connectivity index (χ2n) is 7.06. The Labute approximate surface area is 170 Å². The number of anilines is 1. The molecular formula is C21H24ClN3O3. The van der Waals surface area contributed by atoms with Gasteiger partial charge in [0.25, 0.3) is 0 Å². The van der Waals surface area contributed by atoms with Crippen LogP contribution < -0.4 is 19.7 Å². The van der Waals surface area contributed by atoms with Crippen molar-refractivity contribution in [3.05, 3.63) is 53.1 Å². The van der Waals surface area contributed by atoms with Gasteiger partial charge in [0.15, 0.2) is 11.5 Å². The molecule has 2 aromatic carbocycles. The number of nitrogens with zero attached hydrogens (tertiary/aromatic N) is 2. The molecule has 1 saturated heterocycles. The predicted octanol–water partition coefficient (Wildman–Crippen LogP) is 2.90. The highest BCUT2D eigenvalue weighted by Crippen LogP contribution is 2.32. The van der Waals surface area contributed by atoms with Gasteiger partial charge in [0, 0.05) is 32.7 Å². The van der Waals surface area contributed by atoms with Crippen LogP contribution in [0.2, 0.25) is 5.02 Å². The molecule has 28 heavy (non-hydrogen) atoms. The second-order valence-corrected chi connectivity index (χ2v) is 7.46. The van der Waals surface area contributed by atoms with E-state index in [1.165, 1.54) is 0 Å². The Morgan fingerprint density at radius 3 is 2.64 bits per heavy atom. The fourth-order valence-electron chi connectivity index (χ4n) is 3.61. The van der Waals surface area contributed by atoms with Crippen LogP contribution in [0.5, 0.6) is 11.5 Å². The lowest BCUT2D eigenvalue weighted by Crippen LogP contribution is -2.53. The smallest absolute Gasteiger partial charge is 0.237 e. The SMILES string of the molecule is C[C@@H](C(=O)NCc1ccc2c(c1)OCO2)N1CCN(c2ccccc2Cl)CC1. The first kappa shape index (κ1) is 18.9. The van der Waals surface area contributed by atoms with Gasteiger partial charge in [-0.2, -0.15) is 0 Å². The van der Waals surface area contributed by atoms with Crippen LogP contribution in [-0.2, 0) is 11.3 Å². The summed E-state index contributed by atoms with van der Waals surface area (Å²) in [5.74, 6) is 1.51. The molecule has 1 atom stereocenters. The van der Waals surface area contributed by atoms with E-state index in [0.29, 0.717) is 6.54 Å². The third-order valence-corrected chi connectivity index (χ3v) is 5.66.